The lowest BCUT2D eigenvalue weighted by molar-refractivity contribution is -0.696. The third-order valence-corrected chi connectivity index (χ3v) is 2.01. The van der Waals surface area contributed by atoms with Gasteiger partial charge in [-0.1, -0.05) is 19.9 Å². The number of rotatable bonds is 4. The van der Waals surface area contributed by atoms with Crippen LogP contribution in [0.15, 0.2) is 19.1 Å². The number of nitrogens with zero attached hydrogens (tertiary/aromatic N) is 2. The van der Waals surface area contributed by atoms with E-state index < -0.39 is 0 Å². The van der Waals surface area contributed by atoms with E-state index in [1.807, 2.05) is 13.1 Å². The Hall–Kier alpha value is -0.760. The first-order valence-corrected chi connectivity index (χ1v) is 4.45. The molecule has 1 aromatic rings. The number of aryl methyl sites for hydroxylation is 2. The van der Waals surface area contributed by atoms with E-state index in [1.165, 1.54) is 18.5 Å². The summed E-state index contributed by atoms with van der Waals surface area (Å²) < 4.78 is 4.29. The molecule has 0 saturated heterocycles. The first kappa shape index (κ1) is 12.2. The zero-order chi connectivity index (χ0) is 8.97. The molecule has 0 aliphatic heterocycles. The maximum Gasteiger partial charge on any atom is 0.244 e. The van der Waals surface area contributed by atoms with Crippen LogP contribution in [0.3, 0.4) is 0 Å². The van der Waals surface area contributed by atoms with Crippen LogP contribution in [0.1, 0.15) is 25.5 Å². The Morgan fingerprint density at radius 2 is 2.31 bits per heavy atom. The molecule has 2 nitrogen and oxygen atoms in total. The largest absolute Gasteiger partial charge is 1.00 e. The van der Waals surface area contributed by atoms with Crippen LogP contribution < -0.4 is 17.0 Å². The Balaban J connectivity index is 0.00000144. The number of hydrogen-bond donors (Lipinski definition) is 0. The van der Waals surface area contributed by atoms with Crippen LogP contribution in [0.5, 0.6) is 0 Å². The lowest BCUT2D eigenvalue weighted by atomic mass is 10.3. The van der Waals surface area contributed by atoms with Gasteiger partial charge in [0.15, 0.2) is 5.69 Å². The zero-order valence-electron chi connectivity index (χ0n) is 8.33. The van der Waals surface area contributed by atoms with Crippen LogP contribution in [0.2, 0.25) is 0 Å². The predicted molar refractivity (Wildman–Crippen MR) is 50.6 cm³/mol. The van der Waals surface area contributed by atoms with Crippen molar-refractivity contribution in [3.05, 3.63) is 24.8 Å². The summed E-state index contributed by atoms with van der Waals surface area (Å²) in [6, 6.07) is 0. The van der Waals surface area contributed by atoms with E-state index in [0.29, 0.717) is 0 Å². The summed E-state index contributed by atoms with van der Waals surface area (Å²) >= 11 is 0. The molecule has 74 valence electrons. The van der Waals surface area contributed by atoms with Crippen molar-refractivity contribution in [3.63, 3.8) is 0 Å². The molecular weight excluding hydrogens is 184 g/mol. The molecule has 0 unspecified atom stereocenters. The summed E-state index contributed by atoms with van der Waals surface area (Å²) in [4.78, 5) is 0. The smallest absolute Gasteiger partial charge is 0.244 e. The van der Waals surface area contributed by atoms with Crippen molar-refractivity contribution in [3.8, 4) is 0 Å². The van der Waals surface area contributed by atoms with Crippen LogP contribution in [-0.2, 0) is 13.6 Å². The summed E-state index contributed by atoms with van der Waals surface area (Å²) in [7, 11) is 2.04. The molecule has 0 N–H and O–H groups in total. The third-order valence-electron chi connectivity index (χ3n) is 2.01. The molecule has 0 spiro atoms. The standard InChI is InChI=1S/C10H17N2.ClH/c1-4-6-7-12-8-10(5-2)11(3)9-12;/h5,8-9H,2,4,6-7H2,1,3H3;1H/q+1;/p-1. The summed E-state index contributed by atoms with van der Waals surface area (Å²) in [5.74, 6) is 0. The van der Waals surface area contributed by atoms with Gasteiger partial charge >= 0.3 is 0 Å². The monoisotopic (exact) mass is 200 g/mol. The molecule has 0 aromatic carbocycles. The Morgan fingerprint density at radius 3 is 2.77 bits per heavy atom. The molecule has 13 heavy (non-hydrogen) atoms. The van der Waals surface area contributed by atoms with E-state index in [1.54, 1.807) is 0 Å². The van der Waals surface area contributed by atoms with Crippen molar-refractivity contribution in [2.75, 3.05) is 0 Å². The van der Waals surface area contributed by atoms with E-state index >= 15 is 0 Å². The minimum atomic E-state index is 0. The SMILES string of the molecule is C=Cc1c[n+](CCCC)cn1C.[Cl-]. The molecule has 0 atom stereocenters. The average molecular weight is 201 g/mol. The molecule has 0 saturated carbocycles. The molecule has 0 aliphatic carbocycles. The maximum absolute atomic E-state index is 3.75. The first-order chi connectivity index (χ1) is 5.77. The number of aromatic nitrogens is 2. The Bertz CT molecular complexity index is 266. The van der Waals surface area contributed by atoms with Crippen LogP contribution >= 0.6 is 0 Å². The lowest BCUT2D eigenvalue weighted by Gasteiger charge is -1.90. The predicted octanol–water partition coefficient (Wildman–Crippen LogP) is -1.24. The van der Waals surface area contributed by atoms with Crippen molar-refractivity contribution >= 4 is 6.08 Å². The van der Waals surface area contributed by atoms with Crippen LogP contribution in [0.25, 0.3) is 6.08 Å². The molecule has 0 aliphatic rings. The second kappa shape index (κ2) is 5.81. The highest BCUT2D eigenvalue weighted by atomic mass is 35.5. The molecule has 0 fully saturated rings. The van der Waals surface area contributed by atoms with Gasteiger partial charge in [0.05, 0.1) is 13.6 Å². The van der Waals surface area contributed by atoms with E-state index in [-0.39, 0.29) is 12.4 Å². The second-order valence-corrected chi connectivity index (χ2v) is 3.08. The van der Waals surface area contributed by atoms with Crippen molar-refractivity contribution in [2.45, 2.75) is 26.3 Å². The molecular formula is C10H17ClN2. The summed E-state index contributed by atoms with van der Waals surface area (Å²) in [5.41, 5.74) is 1.17. The molecule has 1 aromatic heterocycles. The molecule has 3 heteroatoms. The molecule has 1 heterocycles. The van der Waals surface area contributed by atoms with Crippen molar-refractivity contribution < 1.29 is 17.0 Å². The van der Waals surface area contributed by atoms with Crippen molar-refractivity contribution in [1.82, 2.24) is 4.57 Å². The highest BCUT2D eigenvalue weighted by molar-refractivity contribution is 5.38. The highest BCUT2D eigenvalue weighted by Gasteiger charge is 2.05. The zero-order valence-corrected chi connectivity index (χ0v) is 9.09. The van der Waals surface area contributed by atoms with E-state index in [0.717, 1.165) is 6.54 Å². The summed E-state index contributed by atoms with van der Waals surface area (Å²) in [6.45, 7) is 7.07. The molecule has 1 rings (SSSR count). The number of imidazole rings is 1. The number of halogens is 1. The maximum atomic E-state index is 3.75. The fourth-order valence-corrected chi connectivity index (χ4v) is 1.24. The minimum Gasteiger partial charge on any atom is -1.00 e. The Morgan fingerprint density at radius 1 is 1.62 bits per heavy atom. The average Bonchev–Trinajstić information content (AvgIpc) is 2.43. The Kier molecular flexibility index (Phi) is 5.47. The van der Waals surface area contributed by atoms with E-state index in [2.05, 4.69) is 35.2 Å². The summed E-state index contributed by atoms with van der Waals surface area (Å²) in [5, 5.41) is 0. The summed E-state index contributed by atoms with van der Waals surface area (Å²) in [6.07, 6.45) is 8.59. The fourth-order valence-electron chi connectivity index (χ4n) is 1.24. The Labute approximate surface area is 86.3 Å². The van der Waals surface area contributed by atoms with Gasteiger partial charge in [0.1, 0.15) is 6.20 Å². The number of unbranched alkanes of at least 4 members (excludes halogenated alkanes) is 1. The van der Waals surface area contributed by atoms with Gasteiger partial charge in [0.25, 0.3) is 0 Å². The van der Waals surface area contributed by atoms with Gasteiger partial charge < -0.3 is 12.4 Å². The normalized spacial score (nSPS) is 9.38. The first-order valence-electron chi connectivity index (χ1n) is 4.45. The van der Waals surface area contributed by atoms with Gasteiger partial charge in [-0.05, 0) is 12.5 Å². The topological polar surface area (TPSA) is 8.81 Å². The lowest BCUT2D eigenvalue weighted by Crippen LogP contribution is -3.00. The molecule has 0 bridgehead atoms. The van der Waals surface area contributed by atoms with Gasteiger partial charge in [-0.2, -0.15) is 0 Å². The third kappa shape index (κ3) is 3.23. The van der Waals surface area contributed by atoms with Gasteiger partial charge in [-0.3, -0.25) is 0 Å². The van der Waals surface area contributed by atoms with Gasteiger partial charge in [0, 0.05) is 0 Å². The molecule has 0 radical (unpaired) electrons. The van der Waals surface area contributed by atoms with Gasteiger partial charge in [-0.25, -0.2) is 9.13 Å². The van der Waals surface area contributed by atoms with Crippen LogP contribution in [0.4, 0.5) is 0 Å². The highest BCUT2D eigenvalue weighted by Crippen LogP contribution is 1.96. The number of hydrogen-bond acceptors (Lipinski definition) is 0. The molecule has 0 amide bonds. The van der Waals surface area contributed by atoms with E-state index in [4.69, 9.17) is 0 Å². The van der Waals surface area contributed by atoms with Gasteiger partial charge in [0.2, 0.25) is 6.33 Å². The van der Waals surface area contributed by atoms with Crippen molar-refractivity contribution in [1.29, 1.82) is 0 Å². The van der Waals surface area contributed by atoms with Crippen molar-refractivity contribution in [2.24, 2.45) is 7.05 Å². The fraction of sp³-hybridized carbons (Fsp3) is 0.500. The second-order valence-electron chi connectivity index (χ2n) is 3.08. The van der Waals surface area contributed by atoms with Crippen LogP contribution in [-0.4, -0.2) is 4.57 Å². The minimum absolute atomic E-state index is 0. The van der Waals surface area contributed by atoms with E-state index in [9.17, 15) is 0 Å². The van der Waals surface area contributed by atoms with Crippen LogP contribution in [0, 0.1) is 0 Å². The quantitative estimate of drug-likeness (QED) is 0.538. The van der Waals surface area contributed by atoms with Gasteiger partial charge in [-0.15, -0.1) is 0 Å².